The molecular formula is C28H20Cl2I2N2O4S2. The maximum Gasteiger partial charge on any atom is 0.338 e. The van der Waals surface area contributed by atoms with Crippen molar-refractivity contribution in [3.63, 3.8) is 0 Å². The minimum absolute atomic E-state index is 0.230. The SMILES string of the molecule is CCOC(=O)C1=C(C)N=c2s/c(=C\c3cc(I)cc(I)c3OCc3ccc(Cl)c(Cl)c3)c(=O)n2[C@H]1c1cccs1. The topological polar surface area (TPSA) is 69.9 Å². The maximum absolute atomic E-state index is 13.9. The Hall–Kier alpha value is -1.71. The molecule has 6 nitrogen and oxygen atoms in total. The summed E-state index contributed by atoms with van der Waals surface area (Å²) in [6.07, 6.45) is 1.83. The summed E-state index contributed by atoms with van der Waals surface area (Å²) in [5.41, 5.74) is 2.31. The van der Waals surface area contributed by atoms with Gasteiger partial charge in [0.05, 0.1) is 36.0 Å². The molecule has 2 aromatic heterocycles. The van der Waals surface area contributed by atoms with Crippen molar-refractivity contribution >= 4 is 103 Å². The fraction of sp³-hybridized carbons (Fsp3) is 0.179. The van der Waals surface area contributed by atoms with E-state index < -0.39 is 12.0 Å². The number of rotatable bonds is 7. The summed E-state index contributed by atoms with van der Waals surface area (Å²) in [6, 6.07) is 12.6. The van der Waals surface area contributed by atoms with Crippen molar-refractivity contribution in [1.29, 1.82) is 0 Å². The zero-order valence-corrected chi connectivity index (χ0v) is 28.5. The van der Waals surface area contributed by atoms with Gasteiger partial charge in [-0.3, -0.25) is 9.36 Å². The zero-order chi connectivity index (χ0) is 28.6. The van der Waals surface area contributed by atoms with Gasteiger partial charge in [-0.2, -0.15) is 0 Å². The van der Waals surface area contributed by atoms with Crippen LogP contribution in [0.1, 0.15) is 35.9 Å². The number of thiazole rings is 1. The molecule has 0 N–H and O–H groups in total. The van der Waals surface area contributed by atoms with E-state index in [4.69, 9.17) is 32.7 Å². The number of carbonyl (C=O) groups excluding carboxylic acids is 1. The molecule has 0 amide bonds. The van der Waals surface area contributed by atoms with Crippen molar-refractivity contribution in [3.8, 4) is 5.75 Å². The van der Waals surface area contributed by atoms with Crippen LogP contribution in [-0.4, -0.2) is 17.1 Å². The Kier molecular flexibility index (Phi) is 9.42. The molecule has 3 heterocycles. The maximum atomic E-state index is 13.9. The molecule has 1 aliphatic rings. The van der Waals surface area contributed by atoms with Crippen LogP contribution < -0.4 is 19.6 Å². The van der Waals surface area contributed by atoms with Gasteiger partial charge in [-0.25, -0.2) is 9.79 Å². The second kappa shape index (κ2) is 12.7. The van der Waals surface area contributed by atoms with Crippen molar-refractivity contribution < 1.29 is 14.3 Å². The number of nitrogens with zero attached hydrogens (tertiary/aromatic N) is 2. The van der Waals surface area contributed by atoms with E-state index >= 15 is 0 Å². The number of fused-ring (bicyclic) bond motifs is 1. The number of allylic oxidation sites excluding steroid dienone is 1. The van der Waals surface area contributed by atoms with Crippen molar-refractivity contribution in [1.82, 2.24) is 4.57 Å². The fourth-order valence-corrected chi connectivity index (χ4v) is 8.50. The molecule has 206 valence electrons. The van der Waals surface area contributed by atoms with Gasteiger partial charge in [-0.1, -0.05) is 46.7 Å². The van der Waals surface area contributed by atoms with Crippen LogP contribution in [0.25, 0.3) is 6.08 Å². The third kappa shape index (κ3) is 6.07. The van der Waals surface area contributed by atoms with Gasteiger partial charge < -0.3 is 9.47 Å². The molecule has 1 aliphatic heterocycles. The Morgan fingerprint density at radius 3 is 2.67 bits per heavy atom. The minimum Gasteiger partial charge on any atom is -0.487 e. The van der Waals surface area contributed by atoms with Crippen molar-refractivity contribution in [2.45, 2.75) is 26.5 Å². The minimum atomic E-state index is -0.612. The van der Waals surface area contributed by atoms with E-state index in [1.165, 1.54) is 22.7 Å². The molecule has 5 rings (SSSR count). The number of thiophene rings is 1. The lowest BCUT2D eigenvalue weighted by atomic mass is 10.0. The van der Waals surface area contributed by atoms with Crippen LogP contribution >= 0.6 is 91.1 Å². The summed E-state index contributed by atoms with van der Waals surface area (Å²) in [7, 11) is 0. The van der Waals surface area contributed by atoms with E-state index in [-0.39, 0.29) is 18.8 Å². The van der Waals surface area contributed by atoms with Gasteiger partial charge in [-0.05, 0) is 106 Å². The third-order valence-corrected chi connectivity index (χ3v) is 10.1. The summed E-state index contributed by atoms with van der Waals surface area (Å²) in [5.74, 6) is 0.178. The standard InChI is InChI=1S/C28H20Cl2I2N2O4S2/c1-3-37-27(36)23-14(2)33-28-34(24(23)21-5-4-8-39-21)26(35)22(40-28)11-16-10-17(31)12-20(32)25(16)38-13-15-6-7-18(29)19(30)9-15/h4-12,24H,3,13H2,1-2H3/b22-11-/t24-/m0/s1. The Labute approximate surface area is 275 Å². The molecule has 0 aliphatic carbocycles. The van der Waals surface area contributed by atoms with Gasteiger partial charge >= 0.3 is 5.97 Å². The molecule has 0 saturated heterocycles. The first-order chi connectivity index (χ1) is 19.2. The quantitative estimate of drug-likeness (QED) is 0.149. The van der Waals surface area contributed by atoms with E-state index in [9.17, 15) is 9.59 Å². The second-order valence-corrected chi connectivity index (χ2v) is 13.9. The summed E-state index contributed by atoms with van der Waals surface area (Å²) in [5, 5.41) is 2.86. The summed E-state index contributed by atoms with van der Waals surface area (Å²) < 4.78 is 15.6. The number of benzene rings is 2. The molecule has 0 radical (unpaired) electrons. The number of hydrogen-bond acceptors (Lipinski definition) is 7. The molecule has 1 atom stereocenters. The predicted octanol–water partition coefficient (Wildman–Crippen LogP) is 6.95. The highest BCUT2D eigenvalue weighted by Crippen LogP contribution is 2.34. The molecule has 4 aromatic rings. The number of carbonyl (C=O) groups is 1. The highest BCUT2D eigenvalue weighted by molar-refractivity contribution is 14.1. The highest BCUT2D eigenvalue weighted by Gasteiger charge is 2.34. The van der Waals surface area contributed by atoms with Crippen LogP contribution in [0.4, 0.5) is 0 Å². The average Bonchev–Trinajstić information content (AvgIpc) is 3.53. The van der Waals surface area contributed by atoms with Crippen LogP contribution in [0, 0.1) is 7.14 Å². The first-order valence-corrected chi connectivity index (χ1v) is 16.6. The molecule has 12 heteroatoms. The highest BCUT2D eigenvalue weighted by atomic mass is 127. The first-order valence-electron chi connectivity index (χ1n) is 12.0. The second-order valence-electron chi connectivity index (χ2n) is 8.66. The molecule has 2 aromatic carbocycles. The summed E-state index contributed by atoms with van der Waals surface area (Å²) in [6.45, 7) is 4.04. The van der Waals surface area contributed by atoms with Crippen LogP contribution in [0.15, 0.2) is 68.9 Å². The molecule has 0 unspecified atom stereocenters. The summed E-state index contributed by atoms with van der Waals surface area (Å²) >= 11 is 19.5. The van der Waals surface area contributed by atoms with Gasteiger partial charge in [-0.15, -0.1) is 11.3 Å². The van der Waals surface area contributed by atoms with Gasteiger partial charge in [0, 0.05) is 14.0 Å². The van der Waals surface area contributed by atoms with Gasteiger partial charge in [0.25, 0.3) is 5.56 Å². The smallest absolute Gasteiger partial charge is 0.338 e. The largest absolute Gasteiger partial charge is 0.487 e. The van der Waals surface area contributed by atoms with Crippen molar-refractivity contribution in [2.75, 3.05) is 6.61 Å². The lowest BCUT2D eigenvalue weighted by molar-refractivity contribution is -0.139. The fourth-order valence-electron chi connectivity index (χ4n) is 4.27. The lowest BCUT2D eigenvalue weighted by Gasteiger charge is -2.23. The normalized spacial score (nSPS) is 15.2. The van der Waals surface area contributed by atoms with Crippen molar-refractivity contribution in [2.24, 2.45) is 4.99 Å². The Morgan fingerprint density at radius 2 is 1.98 bits per heavy atom. The van der Waals surface area contributed by atoms with Crippen LogP contribution in [-0.2, 0) is 16.1 Å². The molecule has 0 fully saturated rings. The molecule has 40 heavy (non-hydrogen) atoms. The zero-order valence-electron chi connectivity index (χ0n) is 21.0. The lowest BCUT2D eigenvalue weighted by Crippen LogP contribution is -2.39. The van der Waals surface area contributed by atoms with E-state index in [1.54, 1.807) is 30.5 Å². The summed E-state index contributed by atoms with van der Waals surface area (Å²) in [4.78, 5) is 33.0. The number of aromatic nitrogens is 1. The molecule has 0 spiro atoms. The first kappa shape index (κ1) is 29.8. The van der Waals surface area contributed by atoms with Crippen LogP contribution in [0.5, 0.6) is 5.75 Å². The number of esters is 1. The Morgan fingerprint density at radius 1 is 1.18 bits per heavy atom. The monoisotopic (exact) mass is 836 g/mol. The van der Waals surface area contributed by atoms with Crippen LogP contribution in [0.2, 0.25) is 10.0 Å². The van der Waals surface area contributed by atoms with E-state index in [2.05, 4.69) is 50.2 Å². The van der Waals surface area contributed by atoms with Gasteiger partial charge in [0.15, 0.2) is 4.80 Å². The molecule has 0 saturated carbocycles. The average molecular weight is 837 g/mol. The number of ether oxygens (including phenoxy) is 2. The number of hydrogen-bond donors (Lipinski definition) is 0. The van der Waals surface area contributed by atoms with E-state index in [0.29, 0.717) is 36.4 Å². The Balaban J connectivity index is 1.61. The van der Waals surface area contributed by atoms with Crippen LogP contribution in [0.3, 0.4) is 0 Å². The van der Waals surface area contributed by atoms with E-state index in [1.807, 2.05) is 41.8 Å². The van der Waals surface area contributed by atoms with Crippen molar-refractivity contribution in [3.05, 3.63) is 112 Å². The number of halogens is 4. The van der Waals surface area contributed by atoms with Gasteiger partial charge in [0.1, 0.15) is 18.4 Å². The van der Waals surface area contributed by atoms with E-state index in [0.717, 1.165) is 23.1 Å². The van der Waals surface area contributed by atoms with Gasteiger partial charge in [0.2, 0.25) is 0 Å². The third-order valence-electron chi connectivity index (χ3n) is 6.02. The Bertz CT molecular complexity index is 1830. The predicted molar refractivity (Wildman–Crippen MR) is 177 cm³/mol. The molecular weight excluding hydrogens is 817 g/mol. The molecule has 0 bridgehead atoms.